The van der Waals surface area contributed by atoms with E-state index in [9.17, 15) is 24.6 Å². The number of nitrogens with zero attached hydrogens (tertiary/aromatic N) is 1. The second-order valence-corrected chi connectivity index (χ2v) is 12.9. The minimum Gasteiger partial charge on any atom is -0.480 e. The van der Waals surface area contributed by atoms with Crippen molar-refractivity contribution < 1.29 is 29.4 Å². The Morgan fingerprint density at radius 3 is 2.50 bits per heavy atom. The smallest absolute Gasteiger partial charge is 0.329 e. The van der Waals surface area contributed by atoms with E-state index in [0.717, 1.165) is 50.7 Å². The van der Waals surface area contributed by atoms with Crippen molar-refractivity contribution in [2.45, 2.75) is 84.3 Å². The summed E-state index contributed by atoms with van der Waals surface area (Å²) in [6.45, 7) is 6.13. The lowest BCUT2D eigenvalue weighted by atomic mass is 9.46. The average Bonchev–Trinajstić information content (AvgIpc) is 3.29. The molecule has 8 atom stereocenters. The number of aliphatic carboxylic acids is 1. The molecule has 4 aliphatic carbocycles. The number of allylic oxidation sites excluding steroid dienone is 2. The second-order valence-electron chi connectivity index (χ2n) is 12.9. The fourth-order valence-corrected chi connectivity index (χ4v) is 8.82. The Kier molecular flexibility index (Phi) is 7.92. The van der Waals surface area contributed by atoms with Crippen LogP contribution < -0.4 is 5.32 Å². The molecule has 8 nitrogen and oxygen atoms in total. The van der Waals surface area contributed by atoms with Crippen LogP contribution in [0.25, 0.3) is 0 Å². The fraction of sp³-hybridized carbons (Fsp3) is 0.625. The van der Waals surface area contributed by atoms with Gasteiger partial charge in [0.05, 0.1) is 5.71 Å². The molecule has 1 aromatic carbocycles. The van der Waals surface area contributed by atoms with E-state index in [2.05, 4.69) is 30.4 Å². The molecule has 3 N–H and O–H groups in total. The van der Waals surface area contributed by atoms with Crippen LogP contribution in [0, 0.1) is 34.5 Å². The van der Waals surface area contributed by atoms with Crippen molar-refractivity contribution in [1.29, 1.82) is 0 Å². The van der Waals surface area contributed by atoms with Crippen molar-refractivity contribution >= 4 is 23.4 Å². The minimum absolute atomic E-state index is 0.122. The van der Waals surface area contributed by atoms with E-state index < -0.39 is 30.6 Å². The van der Waals surface area contributed by atoms with Gasteiger partial charge in [-0.05, 0) is 98.5 Å². The lowest BCUT2D eigenvalue weighted by molar-refractivity contribution is -0.146. The predicted octanol–water partition coefficient (Wildman–Crippen LogP) is 4.83. The second kappa shape index (κ2) is 11.1. The van der Waals surface area contributed by atoms with E-state index in [4.69, 9.17) is 4.84 Å². The first-order chi connectivity index (χ1) is 19.0. The molecule has 0 saturated heterocycles. The Balaban J connectivity index is 1.20. The summed E-state index contributed by atoms with van der Waals surface area (Å²) in [6, 6.07) is 6.86. The Morgan fingerprint density at radius 1 is 1.05 bits per heavy atom. The zero-order valence-corrected chi connectivity index (χ0v) is 23.8. The van der Waals surface area contributed by atoms with Crippen molar-refractivity contribution in [2.75, 3.05) is 6.61 Å². The van der Waals surface area contributed by atoms with Gasteiger partial charge in [-0.2, -0.15) is 0 Å². The van der Waals surface area contributed by atoms with Gasteiger partial charge in [-0.15, -0.1) is 0 Å². The molecule has 40 heavy (non-hydrogen) atoms. The maximum Gasteiger partial charge on any atom is 0.329 e. The van der Waals surface area contributed by atoms with Crippen molar-refractivity contribution in [3.05, 3.63) is 47.5 Å². The maximum atomic E-state index is 12.4. The third-order valence-corrected chi connectivity index (χ3v) is 10.9. The van der Waals surface area contributed by atoms with Gasteiger partial charge in [0.25, 0.3) is 5.91 Å². The van der Waals surface area contributed by atoms with E-state index in [0.29, 0.717) is 29.1 Å². The molecule has 3 saturated carbocycles. The number of ketones is 1. The van der Waals surface area contributed by atoms with Crippen LogP contribution in [0.15, 0.2) is 47.1 Å². The Labute approximate surface area is 236 Å². The van der Waals surface area contributed by atoms with Gasteiger partial charge in [-0.25, -0.2) is 4.79 Å². The number of benzene rings is 1. The number of fused-ring (bicyclic) bond motifs is 5. The number of hydrogen-bond acceptors (Lipinski definition) is 6. The Bertz CT molecular complexity index is 1210. The molecule has 1 aromatic rings. The zero-order chi connectivity index (χ0) is 28.7. The van der Waals surface area contributed by atoms with Gasteiger partial charge in [-0.3, -0.25) is 9.59 Å². The molecular formula is C32H42N2O6. The van der Waals surface area contributed by atoms with Crippen LogP contribution in [0.2, 0.25) is 0 Å². The predicted molar refractivity (Wildman–Crippen MR) is 150 cm³/mol. The SMILES string of the molecule is CC(=O)[C@@H]1CC[C@@H]2[C@@H]3CCC4=C/C(=N\OCC(=O)N[C@H](C(=O)O)[C@@H](O)c5ccccc5)CC[C@]4(C)[C@@H]3CC[C@@]21C. The number of Topliss-reactive ketones (excluding diaryl/α,β-unsaturated/α-hetero) is 1. The van der Waals surface area contributed by atoms with Crippen LogP contribution in [0.5, 0.6) is 0 Å². The van der Waals surface area contributed by atoms with Gasteiger partial charge in [-0.1, -0.05) is 54.9 Å². The minimum atomic E-state index is -1.50. The van der Waals surface area contributed by atoms with Crippen LogP contribution in [-0.2, 0) is 19.2 Å². The average molecular weight is 551 g/mol. The van der Waals surface area contributed by atoms with Gasteiger partial charge in [0, 0.05) is 5.92 Å². The summed E-state index contributed by atoms with van der Waals surface area (Å²) in [5.41, 5.74) is 2.88. The highest BCUT2D eigenvalue weighted by Crippen LogP contribution is 2.66. The number of aliphatic hydroxyl groups excluding tert-OH is 1. The maximum absolute atomic E-state index is 12.4. The quantitative estimate of drug-likeness (QED) is 0.398. The van der Waals surface area contributed by atoms with Crippen molar-refractivity contribution in [1.82, 2.24) is 5.32 Å². The molecule has 0 spiro atoms. The molecule has 216 valence electrons. The number of carbonyl (C=O) groups is 3. The third kappa shape index (κ3) is 5.11. The molecule has 4 aliphatic rings. The van der Waals surface area contributed by atoms with Gasteiger partial charge in [0.1, 0.15) is 11.9 Å². The van der Waals surface area contributed by atoms with Crippen molar-refractivity contribution in [2.24, 2.45) is 39.7 Å². The molecule has 0 aromatic heterocycles. The number of aliphatic hydroxyl groups is 1. The highest BCUT2D eigenvalue weighted by atomic mass is 16.6. The highest BCUT2D eigenvalue weighted by molar-refractivity contribution is 5.96. The molecular weight excluding hydrogens is 508 g/mol. The molecule has 0 bridgehead atoms. The van der Waals surface area contributed by atoms with E-state index in [1.807, 2.05) is 0 Å². The number of carboxylic acid groups (broad SMARTS) is 1. The molecule has 0 aliphatic heterocycles. The van der Waals surface area contributed by atoms with Gasteiger partial charge < -0.3 is 20.4 Å². The van der Waals surface area contributed by atoms with Gasteiger partial charge in [0.15, 0.2) is 12.6 Å². The van der Waals surface area contributed by atoms with Crippen LogP contribution in [-0.4, -0.2) is 46.2 Å². The monoisotopic (exact) mass is 550 g/mol. The van der Waals surface area contributed by atoms with Gasteiger partial charge in [0.2, 0.25) is 0 Å². The molecule has 5 rings (SSSR count). The fourth-order valence-electron chi connectivity index (χ4n) is 8.82. The lowest BCUT2D eigenvalue weighted by Gasteiger charge is -2.58. The molecule has 0 unspecified atom stereocenters. The first-order valence-electron chi connectivity index (χ1n) is 14.7. The first kappa shape index (κ1) is 28.5. The summed E-state index contributed by atoms with van der Waals surface area (Å²) in [4.78, 5) is 41.9. The first-order valence-corrected chi connectivity index (χ1v) is 14.7. The van der Waals surface area contributed by atoms with Gasteiger partial charge >= 0.3 is 5.97 Å². The number of amides is 1. The molecule has 1 amide bonds. The number of oxime groups is 1. The van der Waals surface area contributed by atoms with E-state index in [1.54, 1.807) is 37.3 Å². The normalized spacial score (nSPS) is 35.4. The van der Waals surface area contributed by atoms with E-state index in [-0.39, 0.29) is 16.7 Å². The topological polar surface area (TPSA) is 125 Å². The van der Waals surface area contributed by atoms with E-state index in [1.165, 1.54) is 12.0 Å². The Morgan fingerprint density at radius 2 is 1.80 bits per heavy atom. The van der Waals surface area contributed by atoms with Crippen LogP contribution in [0.1, 0.15) is 83.8 Å². The summed E-state index contributed by atoms with van der Waals surface area (Å²) in [6.07, 6.45) is 9.17. The number of carbonyl (C=O) groups excluding carboxylic acids is 2. The third-order valence-electron chi connectivity index (χ3n) is 10.9. The molecule has 0 radical (unpaired) electrons. The molecule has 3 fully saturated rings. The van der Waals surface area contributed by atoms with Crippen molar-refractivity contribution in [3.63, 3.8) is 0 Å². The summed E-state index contributed by atoms with van der Waals surface area (Å²) in [5, 5.41) is 26.6. The summed E-state index contributed by atoms with van der Waals surface area (Å²) < 4.78 is 0. The zero-order valence-electron chi connectivity index (χ0n) is 23.8. The largest absolute Gasteiger partial charge is 0.480 e. The number of carboxylic acids is 1. The lowest BCUT2D eigenvalue weighted by Crippen LogP contribution is -2.51. The number of hydrogen-bond donors (Lipinski definition) is 3. The Hall–Kier alpha value is -3.00. The van der Waals surface area contributed by atoms with Crippen molar-refractivity contribution in [3.8, 4) is 0 Å². The van der Waals surface area contributed by atoms with Crippen LogP contribution in [0.3, 0.4) is 0 Å². The summed E-state index contributed by atoms with van der Waals surface area (Å²) in [7, 11) is 0. The number of rotatable bonds is 8. The summed E-state index contributed by atoms with van der Waals surface area (Å²) >= 11 is 0. The standard InChI is InChI=1S/C32H42N2O6/c1-19(35)24-11-12-25-23-10-9-21-17-22(13-15-31(21,2)26(23)14-16-32(24,25)3)34-40-18-27(36)33-28(30(38)39)29(37)20-7-5-4-6-8-20/h4-8,17,23-26,28-29,37H,9-16,18H2,1-3H3,(H,33,36)(H,38,39)/b34-22-/t23-,24-,25+,26+,28-,29-,31-,32+/m0/s1. The molecule has 8 heteroatoms. The summed E-state index contributed by atoms with van der Waals surface area (Å²) in [5.74, 6) is 0.502. The van der Waals surface area contributed by atoms with E-state index >= 15 is 0 Å². The van der Waals surface area contributed by atoms with Crippen LogP contribution in [0.4, 0.5) is 0 Å². The highest BCUT2D eigenvalue weighted by Gasteiger charge is 2.59. The number of nitrogens with one attached hydrogen (secondary N) is 1. The van der Waals surface area contributed by atoms with Crippen LogP contribution >= 0.6 is 0 Å². The molecule has 0 heterocycles.